The number of hydrogen-bond acceptors (Lipinski definition) is 4. The van der Waals surface area contributed by atoms with Crippen molar-refractivity contribution in [2.45, 2.75) is 0 Å². The zero-order valence-electron chi connectivity index (χ0n) is 7.15. The molecule has 1 heterocycles. The molecule has 0 bridgehead atoms. The molecule has 1 N–H and O–H groups in total. The molecule has 0 saturated carbocycles. The smallest absolute Gasteiger partial charge is 0.356 e. The Morgan fingerprint density at radius 2 is 2.21 bits per heavy atom. The molecule has 0 aliphatic heterocycles. The molecule has 0 unspecified atom stereocenters. The molecule has 0 radical (unpaired) electrons. The maximum absolute atomic E-state index is 11.0. The molecule has 5 nitrogen and oxygen atoms in total. The van der Waals surface area contributed by atoms with E-state index in [1.807, 2.05) is 0 Å². The molecule has 1 aromatic rings. The monoisotopic (exact) mass is 215 g/mol. The fourth-order valence-corrected chi connectivity index (χ4v) is 1.07. The number of carboxylic acids is 1. The molecular formula is C8H6ClNO4. The summed E-state index contributed by atoms with van der Waals surface area (Å²) in [5.41, 5.74) is -0.179. The third kappa shape index (κ3) is 2.00. The third-order valence-electron chi connectivity index (χ3n) is 1.46. The maximum atomic E-state index is 11.0. The highest BCUT2D eigenvalue weighted by Crippen LogP contribution is 2.15. The first-order chi connectivity index (χ1) is 6.56. The molecule has 1 rings (SSSR count). The molecule has 0 aliphatic rings. The minimum Gasteiger partial charge on any atom is -0.476 e. The first kappa shape index (κ1) is 10.5. The lowest BCUT2D eigenvalue weighted by Gasteiger charge is -2.00. The second-order valence-corrected chi connectivity index (χ2v) is 2.76. The quantitative estimate of drug-likeness (QED) is 0.751. The minimum absolute atomic E-state index is 0.0969. The Hall–Kier alpha value is -1.62. The summed E-state index contributed by atoms with van der Waals surface area (Å²) in [4.78, 5) is 25.0. The number of halogens is 1. The van der Waals surface area contributed by atoms with Crippen LogP contribution in [-0.2, 0) is 4.74 Å². The van der Waals surface area contributed by atoms with Crippen molar-refractivity contribution >= 4 is 23.5 Å². The van der Waals surface area contributed by atoms with Crippen LogP contribution >= 0.6 is 11.6 Å². The van der Waals surface area contributed by atoms with E-state index in [4.69, 9.17) is 16.7 Å². The molecule has 6 heteroatoms. The molecule has 0 spiro atoms. The van der Waals surface area contributed by atoms with Gasteiger partial charge in [0, 0.05) is 6.20 Å². The maximum Gasteiger partial charge on any atom is 0.356 e. The molecule has 14 heavy (non-hydrogen) atoms. The van der Waals surface area contributed by atoms with Gasteiger partial charge in [-0.2, -0.15) is 0 Å². The highest BCUT2D eigenvalue weighted by Gasteiger charge is 2.14. The van der Waals surface area contributed by atoms with Crippen molar-refractivity contribution in [3.8, 4) is 0 Å². The van der Waals surface area contributed by atoms with Crippen LogP contribution in [0.1, 0.15) is 20.8 Å². The Morgan fingerprint density at radius 3 is 2.64 bits per heavy atom. The molecule has 0 atom stereocenters. The van der Waals surface area contributed by atoms with Crippen LogP contribution in [0.5, 0.6) is 0 Å². The van der Waals surface area contributed by atoms with Gasteiger partial charge in [0.2, 0.25) is 0 Å². The number of aromatic carboxylic acids is 1. The zero-order valence-corrected chi connectivity index (χ0v) is 7.91. The second kappa shape index (κ2) is 4.06. The number of carbonyl (C=O) groups is 2. The van der Waals surface area contributed by atoms with Crippen LogP contribution in [0.3, 0.4) is 0 Å². The number of methoxy groups -OCH3 is 1. The fourth-order valence-electron chi connectivity index (χ4n) is 0.825. The number of aromatic nitrogens is 1. The number of ether oxygens (including phenoxy) is 1. The molecule has 0 amide bonds. The molecule has 0 aliphatic carbocycles. The summed E-state index contributed by atoms with van der Waals surface area (Å²) in [5.74, 6) is -1.86. The Morgan fingerprint density at radius 1 is 1.57 bits per heavy atom. The van der Waals surface area contributed by atoms with Crippen molar-refractivity contribution in [2.24, 2.45) is 0 Å². The lowest BCUT2D eigenvalue weighted by Crippen LogP contribution is -2.06. The van der Waals surface area contributed by atoms with Gasteiger partial charge in [-0.15, -0.1) is 0 Å². The SMILES string of the molecule is COC(=O)c1cnc(C(=O)O)c(Cl)c1. The number of pyridine rings is 1. The van der Waals surface area contributed by atoms with Gasteiger partial charge in [0.1, 0.15) is 0 Å². The number of rotatable bonds is 2. The first-order valence-electron chi connectivity index (χ1n) is 3.53. The largest absolute Gasteiger partial charge is 0.476 e. The molecule has 74 valence electrons. The Bertz CT molecular complexity index is 391. The highest BCUT2D eigenvalue weighted by molar-refractivity contribution is 6.33. The van der Waals surface area contributed by atoms with Crippen molar-refractivity contribution in [3.05, 3.63) is 28.5 Å². The van der Waals surface area contributed by atoms with Gasteiger partial charge >= 0.3 is 11.9 Å². The summed E-state index contributed by atoms with van der Waals surface area (Å²) in [6.07, 6.45) is 1.10. The number of carboxylic acid groups (broad SMARTS) is 1. The number of esters is 1. The van der Waals surface area contributed by atoms with Crippen LogP contribution in [0.4, 0.5) is 0 Å². The van der Waals surface area contributed by atoms with Crippen molar-refractivity contribution in [1.29, 1.82) is 0 Å². The summed E-state index contributed by atoms with van der Waals surface area (Å²) in [7, 11) is 1.21. The molecule has 0 saturated heterocycles. The van der Waals surface area contributed by atoms with Crippen molar-refractivity contribution < 1.29 is 19.4 Å². The van der Waals surface area contributed by atoms with Crippen LogP contribution in [0.25, 0.3) is 0 Å². The van der Waals surface area contributed by atoms with Gasteiger partial charge in [-0.05, 0) is 6.07 Å². The van der Waals surface area contributed by atoms with E-state index in [0.29, 0.717) is 0 Å². The van der Waals surface area contributed by atoms with Crippen molar-refractivity contribution in [1.82, 2.24) is 4.98 Å². The minimum atomic E-state index is -1.24. The van der Waals surface area contributed by atoms with E-state index in [-0.39, 0.29) is 16.3 Å². The normalized spacial score (nSPS) is 9.57. The van der Waals surface area contributed by atoms with E-state index >= 15 is 0 Å². The van der Waals surface area contributed by atoms with E-state index in [1.54, 1.807) is 0 Å². The first-order valence-corrected chi connectivity index (χ1v) is 3.91. The average Bonchev–Trinajstić information content (AvgIpc) is 2.15. The van der Waals surface area contributed by atoms with Crippen molar-refractivity contribution in [3.63, 3.8) is 0 Å². The average molecular weight is 216 g/mol. The lowest BCUT2D eigenvalue weighted by molar-refractivity contribution is 0.0597. The van der Waals surface area contributed by atoms with E-state index in [1.165, 1.54) is 13.2 Å². The van der Waals surface area contributed by atoms with Gasteiger partial charge < -0.3 is 9.84 Å². The Labute approximate surface area is 84.3 Å². The molecular weight excluding hydrogens is 210 g/mol. The molecule has 0 aromatic carbocycles. The molecule has 0 fully saturated rings. The summed E-state index contributed by atoms with van der Waals surface area (Å²) in [6, 6.07) is 1.20. The van der Waals surface area contributed by atoms with E-state index < -0.39 is 11.9 Å². The fraction of sp³-hybridized carbons (Fsp3) is 0.125. The van der Waals surface area contributed by atoms with Crippen LogP contribution in [0, 0.1) is 0 Å². The number of carbonyl (C=O) groups excluding carboxylic acids is 1. The Kier molecular flexibility index (Phi) is 3.03. The van der Waals surface area contributed by atoms with Gasteiger partial charge in [0.25, 0.3) is 0 Å². The van der Waals surface area contributed by atoms with Crippen LogP contribution < -0.4 is 0 Å². The van der Waals surface area contributed by atoms with E-state index in [0.717, 1.165) is 6.20 Å². The van der Waals surface area contributed by atoms with Crippen LogP contribution in [0.15, 0.2) is 12.3 Å². The topological polar surface area (TPSA) is 76.5 Å². The van der Waals surface area contributed by atoms with Crippen LogP contribution in [0.2, 0.25) is 5.02 Å². The summed E-state index contributed by atoms with van der Waals surface area (Å²) >= 11 is 5.57. The predicted molar refractivity (Wildman–Crippen MR) is 47.5 cm³/mol. The van der Waals surface area contributed by atoms with Gasteiger partial charge in [-0.3, -0.25) is 0 Å². The summed E-state index contributed by atoms with van der Waals surface area (Å²) < 4.78 is 4.41. The van der Waals surface area contributed by atoms with Gasteiger partial charge in [-0.1, -0.05) is 11.6 Å². The highest BCUT2D eigenvalue weighted by atomic mass is 35.5. The van der Waals surface area contributed by atoms with Crippen molar-refractivity contribution in [2.75, 3.05) is 7.11 Å². The third-order valence-corrected chi connectivity index (χ3v) is 1.75. The van der Waals surface area contributed by atoms with Gasteiger partial charge in [0.15, 0.2) is 5.69 Å². The Balaban J connectivity index is 3.12. The number of nitrogens with zero attached hydrogens (tertiary/aromatic N) is 1. The van der Waals surface area contributed by atoms with Gasteiger partial charge in [0.05, 0.1) is 17.7 Å². The second-order valence-electron chi connectivity index (χ2n) is 2.35. The summed E-state index contributed by atoms with van der Waals surface area (Å²) in [6.45, 7) is 0. The standard InChI is InChI=1S/C8H6ClNO4/c1-14-8(13)4-2-5(9)6(7(11)12)10-3-4/h2-3H,1H3,(H,11,12). The van der Waals surface area contributed by atoms with E-state index in [2.05, 4.69) is 9.72 Å². The zero-order chi connectivity index (χ0) is 10.7. The number of hydrogen-bond donors (Lipinski definition) is 1. The predicted octanol–water partition coefficient (Wildman–Crippen LogP) is 1.22. The van der Waals surface area contributed by atoms with Crippen LogP contribution in [-0.4, -0.2) is 29.1 Å². The van der Waals surface area contributed by atoms with Gasteiger partial charge in [-0.25, -0.2) is 14.6 Å². The summed E-state index contributed by atoms with van der Waals surface area (Å²) in [5, 5.41) is 8.49. The molecule has 1 aromatic heterocycles. The van der Waals surface area contributed by atoms with E-state index in [9.17, 15) is 9.59 Å². The lowest BCUT2D eigenvalue weighted by atomic mass is 10.2.